The summed E-state index contributed by atoms with van der Waals surface area (Å²) in [5.41, 5.74) is 0.549. The predicted octanol–water partition coefficient (Wildman–Crippen LogP) is 0.152. The molecule has 1 fully saturated rings. The number of hydrogen-bond donors (Lipinski definition) is 2. The minimum Gasteiger partial charge on any atom is -0.477 e. The predicted molar refractivity (Wildman–Crippen MR) is 111 cm³/mol. The molecule has 1 saturated heterocycles. The Kier molecular flexibility index (Phi) is 5.94. The van der Waals surface area contributed by atoms with Gasteiger partial charge in [-0.25, -0.2) is 9.48 Å². The van der Waals surface area contributed by atoms with Crippen molar-refractivity contribution in [1.29, 1.82) is 0 Å². The smallest absolute Gasteiger partial charge is 0.352 e. The Balaban J connectivity index is 1.46. The van der Waals surface area contributed by atoms with Gasteiger partial charge in [-0.3, -0.25) is 19.2 Å². The van der Waals surface area contributed by atoms with Crippen molar-refractivity contribution in [2.45, 2.75) is 29.5 Å². The maximum Gasteiger partial charge on any atom is 0.352 e. The van der Waals surface area contributed by atoms with Crippen molar-refractivity contribution >= 4 is 52.9 Å². The number of tetrazole rings is 1. The SMILES string of the molecule is C[C@H](C(=O)N[C@H]1C(=O)N2C(C(=O)O)=C(CSc3nnnn3C)CS[C@@H]12)n1cc(Cl)cn1. The molecule has 31 heavy (non-hydrogen) atoms. The van der Waals surface area contributed by atoms with Gasteiger partial charge in [-0.15, -0.1) is 16.9 Å². The third-order valence-corrected chi connectivity index (χ3v) is 7.48. The van der Waals surface area contributed by atoms with Gasteiger partial charge < -0.3 is 10.4 Å². The van der Waals surface area contributed by atoms with Gasteiger partial charge in [-0.1, -0.05) is 23.4 Å². The van der Waals surface area contributed by atoms with Crippen LogP contribution >= 0.6 is 35.1 Å². The van der Waals surface area contributed by atoms with Gasteiger partial charge in [0.1, 0.15) is 23.2 Å². The van der Waals surface area contributed by atoms with Gasteiger partial charge in [0.05, 0.1) is 11.2 Å². The summed E-state index contributed by atoms with van der Waals surface area (Å²) < 4.78 is 2.88. The van der Waals surface area contributed by atoms with E-state index in [9.17, 15) is 19.5 Å². The van der Waals surface area contributed by atoms with E-state index in [0.717, 1.165) is 0 Å². The van der Waals surface area contributed by atoms with E-state index in [4.69, 9.17) is 11.6 Å². The molecular formula is C16H17ClN8O4S2. The molecule has 0 bridgehead atoms. The van der Waals surface area contributed by atoms with Crippen molar-refractivity contribution in [2.24, 2.45) is 7.05 Å². The zero-order valence-corrected chi connectivity index (χ0v) is 18.7. The number of nitrogens with zero attached hydrogens (tertiary/aromatic N) is 7. The van der Waals surface area contributed by atoms with Crippen LogP contribution in [0.2, 0.25) is 5.02 Å². The number of carboxylic acid groups (broad SMARTS) is 1. The van der Waals surface area contributed by atoms with Crippen LogP contribution < -0.4 is 5.32 Å². The highest BCUT2D eigenvalue weighted by Gasteiger charge is 2.54. The first-order valence-corrected chi connectivity index (χ1v) is 11.4. The van der Waals surface area contributed by atoms with Crippen LogP contribution in [0.25, 0.3) is 0 Å². The van der Waals surface area contributed by atoms with Crippen LogP contribution in [0.3, 0.4) is 0 Å². The molecule has 2 aromatic heterocycles. The molecule has 0 spiro atoms. The fourth-order valence-electron chi connectivity index (χ4n) is 3.21. The highest BCUT2D eigenvalue weighted by Crippen LogP contribution is 2.41. The fourth-order valence-corrected chi connectivity index (χ4v) is 5.69. The number of aryl methyl sites for hydroxylation is 1. The molecule has 0 saturated carbocycles. The van der Waals surface area contributed by atoms with E-state index < -0.39 is 35.2 Å². The average Bonchev–Trinajstić information content (AvgIpc) is 3.36. The largest absolute Gasteiger partial charge is 0.477 e. The van der Waals surface area contributed by atoms with Crippen molar-refractivity contribution in [2.75, 3.05) is 11.5 Å². The Bertz CT molecular complexity index is 1090. The van der Waals surface area contributed by atoms with Gasteiger partial charge in [0.25, 0.3) is 5.91 Å². The van der Waals surface area contributed by atoms with Gasteiger partial charge in [0.2, 0.25) is 11.1 Å². The fraction of sp³-hybridized carbons (Fsp3) is 0.438. The zero-order chi connectivity index (χ0) is 22.3. The molecule has 2 aromatic rings. The van der Waals surface area contributed by atoms with Crippen LogP contribution in [0.15, 0.2) is 28.8 Å². The molecule has 2 aliphatic rings. The molecule has 4 rings (SSSR count). The van der Waals surface area contributed by atoms with Crippen molar-refractivity contribution in [3.8, 4) is 0 Å². The summed E-state index contributed by atoms with van der Waals surface area (Å²) in [6.45, 7) is 1.63. The Hall–Kier alpha value is -2.58. The zero-order valence-electron chi connectivity index (χ0n) is 16.3. The van der Waals surface area contributed by atoms with Crippen LogP contribution in [-0.2, 0) is 21.4 Å². The molecule has 0 aliphatic carbocycles. The number of rotatable bonds is 7. The van der Waals surface area contributed by atoms with Gasteiger partial charge in [-0.05, 0) is 22.9 Å². The average molecular weight is 485 g/mol. The Labute approximate surface area is 189 Å². The quantitative estimate of drug-likeness (QED) is 0.411. The number of aromatic nitrogens is 6. The van der Waals surface area contributed by atoms with Crippen LogP contribution in [0.1, 0.15) is 13.0 Å². The summed E-state index contributed by atoms with van der Waals surface area (Å²) in [6.07, 6.45) is 2.93. The summed E-state index contributed by atoms with van der Waals surface area (Å²) in [4.78, 5) is 38.5. The minimum atomic E-state index is -1.19. The Morgan fingerprint density at radius 1 is 1.48 bits per heavy atom. The second kappa shape index (κ2) is 8.51. The second-order valence-corrected chi connectivity index (χ2v) is 9.33. The van der Waals surface area contributed by atoms with Crippen LogP contribution in [0.5, 0.6) is 0 Å². The normalized spacial score (nSPS) is 21.5. The molecule has 164 valence electrons. The van der Waals surface area contributed by atoms with Gasteiger partial charge in [0, 0.05) is 24.8 Å². The number of halogens is 1. The lowest BCUT2D eigenvalue weighted by molar-refractivity contribution is -0.151. The third-order valence-electron chi connectivity index (χ3n) is 4.85. The van der Waals surface area contributed by atoms with E-state index in [-0.39, 0.29) is 5.70 Å². The van der Waals surface area contributed by atoms with Crippen LogP contribution in [0, 0.1) is 0 Å². The van der Waals surface area contributed by atoms with E-state index in [2.05, 4.69) is 25.9 Å². The van der Waals surface area contributed by atoms with Crippen molar-refractivity contribution in [1.82, 2.24) is 40.2 Å². The number of carboxylic acids is 1. The van der Waals surface area contributed by atoms with E-state index in [1.54, 1.807) is 14.0 Å². The number of β-lactam (4-membered cyclic amide) rings is 1. The number of fused-ring (bicyclic) bond motifs is 1. The number of aliphatic carboxylic acids is 1. The summed E-state index contributed by atoms with van der Waals surface area (Å²) in [7, 11) is 1.69. The van der Waals surface area contributed by atoms with E-state index in [0.29, 0.717) is 27.3 Å². The minimum absolute atomic E-state index is 0.0474. The van der Waals surface area contributed by atoms with E-state index in [1.807, 2.05) is 0 Å². The summed E-state index contributed by atoms with van der Waals surface area (Å²) in [6, 6.07) is -1.48. The van der Waals surface area contributed by atoms with Crippen molar-refractivity contribution < 1.29 is 19.5 Å². The molecule has 0 aromatic carbocycles. The van der Waals surface area contributed by atoms with E-state index in [1.165, 1.54) is 50.2 Å². The topological polar surface area (TPSA) is 148 Å². The number of thioether (sulfide) groups is 2. The lowest BCUT2D eigenvalue weighted by Crippen LogP contribution is -2.71. The maximum atomic E-state index is 12.8. The molecule has 15 heteroatoms. The first-order chi connectivity index (χ1) is 14.8. The Morgan fingerprint density at radius 2 is 2.26 bits per heavy atom. The molecule has 0 radical (unpaired) electrons. The number of carbonyl (C=O) groups is 3. The number of carbonyl (C=O) groups excluding carboxylic acids is 2. The second-order valence-electron chi connectivity index (χ2n) is 6.84. The van der Waals surface area contributed by atoms with Gasteiger partial charge in [-0.2, -0.15) is 5.10 Å². The first-order valence-electron chi connectivity index (χ1n) is 9.03. The van der Waals surface area contributed by atoms with Gasteiger partial charge in [0.15, 0.2) is 0 Å². The molecular weight excluding hydrogens is 468 g/mol. The van der Waals surface area contributed by atoms with Crippen molar-refractivity contribution in [3.05, 3.63) is 28.7 Å². The van der Waals surface area contributed by atoms with Gasteiger partial charge >= 0.3 is 5.97 Å². The standard InChI is InChI=1S/C16H17ClN8O4S2/c1-7(24-4-9(17)3-18-24)12(26)19-10-13(27)25-11(15(28)29)8(5-30-14(10)25)6-31-16-20-21-22-23(16)2/h3-4,7,10,14H,5-6H2,1-2H3,(H,19,26)(H,28,29)/t7-,10+,14+/m1/s1. The molecule has 0 unspecified atom stereocenters. The highest BCUT2D eigenvalue weighted by molar-refractivity contribution is 8.01. The lowest BCUT2D eigenvalue weighted by Gasteiger charge is -2.49. The van der Waals surface area contributed by atoms with Crippen LogP contribution in [-0.4, -0.2) is 80.7 Å². The monoisotopic (exact) mass is 484 g/mol. The third kappa shape index (κ3) is 4.02. The van der Waals surface area contributed by atoms with Crippen molar-refractivity contribution in [3.63, 3.8) is 0 Å². The summed E-state index contributed by atoms with van der Waals surface area (Å²) in [5.74, 6) is -1.32. The molecule has 2 aliphatic heterocycles. The maximum absolute atomic E-state index is 12.8. The molecule has 3 atom stereocenters. The first kappa shape index (κ1) is 21.6. The van der Waals surface area contributed by atoms with E-state index >= 15 is 0 Å². The summed E-state index contributed by atoms with van der Waals surface area (Å²) >= 11 is 8.53. The molecule has 12 nitrogen and oxygen atoms in total. The Morgan fingerprint density at radius 3 is 2.87 bits per heavy atom. The van der Waals surface area contributed by atoms with Crippen LogP contribution in [0.4, 0.5) is 0 Å². The number of hydrogen-bond acceptors (Lipinski definition) is 9. The highest BCUT2D eigenvalue weighted by atomic mass is 35.5. The molecule has 2 N–H and O–H groups in total. The molecule has 4 heterocycles. The lowest BCUT2D eigenvalue weighted by atomic mass is 10.0. The number of nitrogens with one attached hydrogen (secondary N) is 1. The summed E-state index contributed by atoms with van der Waals surface area (Å²) in [5, 5.41) is 28.0. The number of amides is 2. The molecule has 2 amide bonds.